The molecule has 0 aliphatic rings. The smallest absolute Gasteiger partial charge is 0.293 e. The number of nitrogens with one attached hydrogen (secondary N) is 1. The topological polar surface area (TPSA) is 55.1 Å². The molecule has 0 saturated heterocycles. The highest BCUT2D eigenvalue weighted by atomic mass is 35.5. The standard InChI is InChI=1S/C10H7ClN2O2/c11-7-1-3-8(4-2-7)13-10(14)9-5-12-6-15-9/h1-6H,(H,13,14). The van der Waals surface area contributed by atoms with E-state index >= 15 is 0 Å². The van der Waals surface area contributed by atoms with E-state index in [0.29, 0.717) is 10.7 Å². The molecule has 5 heteroatoms. The van der Waals surface area contributed by atoms with Crippen molar-refractivity contribution in [2.45, 2.75) is 0 Å². The number of hydrogen-bond acceptors (Lipinski definition) is 3. The highest BCUT2D eigenvalue weighted by Gasteiger charge is 2.08. The third-order valence-electron chi connectivity index (χ3n) is 1.76. The molecule has 1 heterocycles. The second-order valence-electron chi connectivity index (χ2n) is 2.83. The van der Waals surface area contributed by atoms with Gasteiger partial charge in [0.15, 0.2) is 6.39 Å². The molecular formula is C10H7ClN2O2. The van der Waals surface area contributed by atoms with Crippen molar-refractivity contribution in [1.29, 1.82) is 0 Å². The summed E-state index contributed by atoms with van der Waals surface area (Å²) in [5.74, 6) is -0.167. The molecule has 0 spiro atoms. The van der Waals surface area contributed by atoms with Gasteiger partial charge in [-0.05, 0) is 24.3 Å². The van der Waals surface area contributed by atoms with Crippen molar-refractivity contribution in [3.05, 3.63) is 47.6 Å². The van der Waals surface area contributed by atoms with E-state index in [1.54, 1.807) is 24.3 Å². The van der Waals surface area contributed by atoms with Gasteiger partial charge in [0.25, 0.3) is 5.91 Å². The lowest BCUT2D eigenvalue weighted by molar-refractivity contribution is 0.0996. The number of amides is 1. The molecule has 4 nitrogen and oxygen atoms in total. The molecule has 1 N–H and O–H groups in total. The van der Waals surface area contributed by atoms with Crippen LogP contribution in [0.1, 0.15) is 10.6 Å². The number of anilines is 1. The first-order valence-electron chi connectivity index (χ1n) is 4.21. The number of hydrogen-bond donors (Lipinski definition) is 1. The summed E-state index contributed by atoms with van der Waals surface area (Å²) in [5.41, 5.74) is 0.654. The lowest BCUT2D eigenvalue weighted by atomic mass is 10.3. The Morgan fingerprint density at radius 3 is 2.67 bits per heavy atom. The highest BCUT2D eigenvalue weighted by Crippen LogP contribution is 2.14. The molecule has 0 unspecified atom stereocenters. The molecule has 2 rings (SSSR count). The van der Waals surface area contributed by atoms with Crippen LogP contribution in [0.3, 0.4) is 0 Å². The minimum atomic E-state index is -0.338. The predicted octanol–water partition coefficient (Wildman–Crippen LogP) is 2.58. The lowest BCUT2D eigenvalue weighted by Gasteiger charge is -2.01. The Morgan fingerprint density at radius 1 is 1.33 bits per heavy atom. The van der Waals surface area contributed by atoms with Crippen LogP contribution in [0.25, 0.3) is 0 Å². The summed E-state index contributed by atoms with van der Waals surface area (Å²) in [6.45, 7) is 0. The third kappa shape index (κ3) is 2.35. The largest absolute Gasteiger partial charge is 0.438 e. The molecule has 0 bridgehead atoms. The van der Waals surface area contributed by atoms with Crippen molar-refractivity contribution < 1.29 is 9.21 Å². The number of rotatable bonds is 2. The van der Waals surface area contributed by atoms with Gasteiger partial charge in [0.2, 0.25) is 5.76 Å². The van der Waals surface area contributed by atoms with Crippen LogP contribution in [0.4, 0.5) is 5.69 Å². The van der Waals surface area contributed by atoms with E-state index in [4.69, 9.17) is 16.0 Å². The van der Waals surface area contributed by atoms with E-state index in [2.05, 4.69) is 10.3 Å². The zero-order valence-corrected chi connectivity index (χ0v) is 8.36. The van der Waals surface area contributed by atoms with Crippen LogP contribution >= 0.6 is 11.6 Å². The Labute approximate surface area is 90.9 Å². The van der Waals surface area contributed by atoms with E-state index < -0.39 is 0 Å². The SMILES string of the molecule is O=C(Nc1ccc(Cl)cc1)c1cnco1. The van der Waals surface area contributed by atoms with Crippen LogP contribution in [-0.4, -0.2) is 10.9 Å². The minimum Gasteiger partial charge on any atom is -0.438 e. The molecule has 15 heavy (non-hydrogen) atoms. The zero-order valence-electron chi connectivity index (χ0n) is 7.61. The molecule has 0 fully saturated rings. The van der Waals surface area contributed by atoms with E-state index in [1.165, 1.54) is 12.6 Å². The second-order valence-corrected chi connectivity index (χ2v) is 3.26. The van der Waals surface area contributed by atoms with Crippen molar-refractivity contribution >= 4 is 23.2 Å². The number of benzene rings is 1. The maximum Gasteiger partial charge on any atom is 0.293 e. The Hall–Kier alpha value is -1.81. The highest BCUT2D eigenvalue weighted by molar-refractivity contribution is 6.30. The van der Waals surface area contributed by atoms with Crippen molar-refractivity contribution in [1.82, 2.24) is 4.98 Å². The monoisotopic (exact) mass is 222 g/mol. The summed E-state index contributed by atoms with van der Waals surface area (Å²) in [4.78, 5) is 15.1. The molecule has 76 valence electrons. The Kier molecular flexibility index (Phi) is 2.69. The Bertz CT molecular complexity index is 451. The quantitative estimate of drug-likeness (QED) is 0.850. The molecule has 0 aliphatic heterocycles. The molecule has 1 aromatic carbocycles. The van der Waals surface area contributed by atoms with Crippen LogP contribution in [0.5, 0.6) is 0 Å². The number of oxazole rings is 1. The van der Waals surface area contributed by atoms with Gasteiger partial charge < -0.3 is 9.73 Å². The van der Waals surface area contributed by atoms with Crippen LogP contribution < -0.4 is 5.32 Å². The van der Waals surface area contributed by atoms with Gasteiger partial charge in [-0.1, -0.05) is 11.6 Å². The van der Waals surface area contributed by atoms with Gasteiger partial charge in [-0.2, -0.15) is 0 Å². The number of nitrogens with zero attached hydrogens (tertiary/aromatic N) is 1. The first-order chi connectivity index (χ1) is 7.25. The predicted molar refractivity (Wildman–Crippen MR) is 55.9 cm³/mol. The van der Waals surface area contributed by atoms with Gasteiger partial charge in [0.1, 0.15) is 0 Å². The Balaban J connectivity index is 2.09. The number of aromatic nitrogens is 1. The Morgan fingerprint density at radius 2 is 2.07 bits per heavy atom. The summed E-state index contributed by atoms with van der Waals surface area (Å²) < 4.78 is 4.84. The average molecular weight is 223 g/mol. The van der Waals surface area contributed by atoms with Crippen LogP contribution in [0.15, 0.2) is 41.3 Å². The summed E-state index contributed by atoms with van der Waals surface area (Å²) >= 11 is 5.71. The van der Waals surface area contributed by atoms with Gasteiger partial charge >= 0.3 is 0 Å². The number of carbonyl (C=O) groups is 1. The molecule has 0 aliphatic carbocycles. The van der Waals surface area contributed by atoms with Crippen molar-refractivity contribution in [3.8, 4) is 0 Å². The molecular weight excluding hydrogens is 216 g/mol. The number of carbonyl (C=O) groups excluding carboxylic acids is 1. The second kappa shape index (κ2) is 4.14. The zero-order chi connectivity index (χ0) is 10.7. The first-order valence-corrected chi connectivity index (χ1v) is 4.59. The minimum absolute atomic E-state index is 0.171. The maximum atomic E-state index is 11.5. The molecule has 0 atom stereocenters. The van der Waals surface area contributed by atoms with Crippen LogP contribution in [0.2, 0.25) is 5.02 Å². The third-order valence-corrected chi connectivity index (χ3v) is 2.01. The van der Waals surface area contributed by atoms with Crippen molar-refractivity contribution in [2.75, 3.05) is 5.32 Å². The summed E-state index contributed by atoms with van der Waals surface area (Å²) in [7, 11) is 0. The first kappa shape index (κ1) is 9.73. The fourth-order valence-electron chi connectivity index (χ4n) is 1.05. The fourth-order valence-corrected chi connectivity index (χ4v) is 1.18. The lowest BCUT2D eigenvalue weighted by Crippen LogP contribution is -2.10. The van der Waals surface area contributed by atoms with Gasteiger partial charge in [0, 0.05) is 10.7 Å². The molecule has 0 saturated carbocycles. The van der Waals surface area contributed by atoms with Gasteiger partial charge in [-0.15, -0.1) is 0 Å². The maximum absolute atomic E-state index is 11.5. The fraction of sp³-hybridized carbons (Fsp3) is 0. The molecule has 2 aromatic rings. The van der Waals surface area contributed by atoms with Crippen LogP contribution in [0, 0.1) is 0 Å². The summed E-state index contributed by atoms with van der Waals surface area (Å²) in [6.07, 6.45) is 2.56. The molecule has 0 radical (unpaired) electrons. The summed E-state index contributed by atoms with van der Waals surface area (Å²) in [6, 6.07) is 6.79. The molecule has 1 amide bonds. The van der Waals surface area contributed by atoms with E-state index in [0.717, 1.165) is 0 Å². The van der Waals surface area contributed by atoms with Gasteiger partial charge in [0.05, 0.1) is 6.20 Å². The molecule has 1 aromatic heterocycles. The average Bonchev–Trinajstić information content (AvgIpc) is 2.74. The number of halogens is 1. The van der Waals surface area contributed by atoms with Crippen molar-refractivity contribution in [3.63, 3.8) is 0 Å². The van der Waals surface area contributed by atoms with Gasteiger partial charge in [-0.3, -0.25) is 4.79 Å². The van der Waals surface area contributed by atoms with E-state index in [9.17, 15) is 4.79 Å². The van der Waals surface area contributed by atoms with Crippen LogP contribution in [-0.2, 0) is 0 Å². The summed E-state index contributed by atoms with van der Waals surface area (Å²) in [5, 5.41) is 3.26. The van der Waals surface area contributed by atoms with Crippen molar-refractivity contribution in [2.24, 2.45) is 0 Å². The van der Waals surface area contributed by atoms with E-state index in [-0.39, 0.29) is 11.7 Å². The van der Waals surface area contributed by atoms with Gasteiger partial charge in [-0.25, -0.2) is 4.98 Å². The normalized spacial score (nSPS) is 9.93. The van der Waals surface area contributed by atoms with E-state index in [1.807, 2.05) is 0 Å².